The Kier molecular flexibility index (Phi) is 4.98. The minimum Gasteiger partial charge on any atom is -0.411 e. The average molecular weight is 408 g/mol. The number of halogens is 6. The molecular weight excluding hydrogens is 397 g/mol. The van der Waals surface area contributed by atoms with Crippen LogP contribution in [0.15, 0.2) is 42.6 Å². The molecule has 138 valence electrons. The molecule has 0 radical (unpaired) electrons. The molecule has 0 saturated carbocycles. The van der Waals surface area contributed by atoms with Gasteiger partial charge in [0.25, 0.3) is 0 Å². The van der Waals surface area contributed by atoms with Gasteiger partial charge in [0.15, 0.2) is 5.65 Å². The van der Waals surface area contributed by atoms with Gasteiger partial charge in [-0.25, -0.2) is 9.97 Å². The molecule has 2 aromatic heterocycles. The van der Waals surface area contributed by atoms with E-state index in [4.69, 9.17) is 28.0 Å². The number of rotatable bonds is 6. The average Bonchev–Trinajstić information content (AvgIpc) is 2.93. The van der Waals surface area contributed by atoms with Crippen molar-refractivity contribution >= 4 is 34.4 Å². The molecule has 0 spiro atoms. The summed E-state index contributed by atoms with van der Waals surface area (Å²) in [7, 11) is 0. The summed E-state index contributed by atoms with van der Waals surface area (Å²) in [5.41, 5.74) is -0.179. The first-order chi connectivity index (χ1) is 12.2. The molecule has 0 unspecified atom stereocenters. The Hall–Kier alpha value is -2.06. The topological polar surface area (TPSA) is 39.9 Å². The van der Waals surface area contributed by atoms with Gasteiger partial charge in [-0.2, -0.15) is 22.3 Å². The van der Waals surface area contributed by atoms with Crippen molar-refractivity contribution < 1.29 is 22.4 Å². The Morgan fingerprint density at radius 2 is 1.73 bits per heavy atom. The third-order valence-corrected chi connectivity index (χ3v) is 3.89. The lowest BCUT2D eigenvalue weighted by Crippen LogP contribution is -2.22. The van der Waals surface area contributed by atoms with Crippen molar-refractivity contribution in [3.8, 4) is 0 Å². The maximum absolute atomic E-state index is 13.6. The molecule has 0 bridgehead atoms. The zero-order valence-corrected chi connectivity index (χ0v) is 14.5. The molecule has 0 amide bonds. The number of aromatic nitrogens is 3. The molecule has 2 heterocycles. The van der Waals surface area contributed by atoms with Gasteiger partial charge >= 0.3 is 10.8 Å². The van der Waals surface area contributed by atoms with E-state index in [-0.39, 0.29) is 17.8 Å². The van der Waals surface area contributed by atoms with Crippen LogP contribution in [0.2, 0.25) is 0 Å². The Bertz CT molecular complexity index is 907. The zero-order valence-electron chi connectivity index (χ0n) is 13.0. The number of nitrogens with zero attached hydrogens (tertiary/aromatic N) is 3. The van der Waals surface area contributed by atoms with Crippen LogP contribution < -0.4 is 4.84 Å². The molecule has 0 aliphatic rings. The van der Waals surface area contributed by atoms with Crippen molar-refractivity contribution in [1.29, 1.82) is 0 Å². The number of benzene rings is 1. The van der Waals surface area contributed by atoms with Crippen molar-refractivity contribution in [1.82, 2.24) is 14.7 Å². The van der Waals surface area contributed by atoms with Gasteiger partial charge in [-0.05, 0) is 34.8 Å². The third kappa shape index (κ3) is 4.02. The normalized spacial score (nSPS) is 12.5. The molecule has 0 aliphatic heterocycles. The van der Waals surface area contributed by atoms with Gasteiger partial charge in [0.2, 0.25) is 5.82 Å². The largest absolute Gasteiger partial charge is 0.411 e. The highest BCUT2D eigenvalue weighted by molar-refractivity contribution is 6.22. The van der Waals surface area contributed by atoms with Gasteiger partial charge in [0.05, 0.1) is 5.56 Å². The van der Waals surface area contributed by atoms with Gasteiger partial charge in [-0.3, -0.25) is 0 Å². The van der Waals surface area contributed by atoms with E-state index in [0.29, 0.717) is 11.2 Å². The number of hydrogen-bond donors (Lipinski definition) is 0. The maximum Gasteiger partial charge on any atom is 0.383 e. The molecule has 26 heavy (non-hydrogen) atoms. The van der Waals surface area contributed by atoms with E-state index < -0.39 is 22.2 Å². The van der Waals surface area contributed by atoms with E-state index in [0.717, 1.165) is 17.8 Å². The van der Waals surface area contributed by atoms with Crippen LogP contribution in [-0.2, 0) is 17.2 Å². The number of hydrogen-bond acceptors (Lipinski definition) is 3. The van der Waals surface area contributed by atoms with Crippen molar-refractivity contribution in [3.63, 3.8) is 0 Å². The molecule has 1 aromatic carbocycles. The molecule has 3 rings (SSSR count). The smallest absolute Gasteiger partial charge is 0.383 e. The van der Waals surface area contributed by atoms with E-state index in [1.54, 1.807) is 0 Å². The zero-order chi connectivity index (χ0) is 18.9. The summed E-state index contributed by atoms with van der Waals surface area (Å²) < 4.78 is 54.5. The van der Waals surface area contributed by atoms with Crippen molar-refractivity contribution in [3.05, 3.63) is 59.5 Å². The highest BCUT2D eigenvalue weighted by atomic mass is 35.5. The van der Waals surface area contributed by atoms with Crippen molar-refractivity contribution in [2.75, 3.05) is 6.61 Å². The first-order valence-electron chi connectivity index (χ1n) is 7.36. The maximum atomic E-state index is 13.6. The van der Waals surface area contributed by atoms with Gasteiger partial charge in [0, 0.05) is 12.6 Å². The lowest BCUT2D eigenvalue weighted by atomic mass is 10.2. The molecule has 0 saturated heterocycles. The van der Waals surface area contributed by atoms with Gasteiger partial charge < -0.3 is 4.84 Å². The number of fused-ring (bicyclic) bond motifs is 1. The van der Waals surface area contributed by atoms with E-state index >= 15 is 0 Å². The highest BCUT2D eigenvalue weighted by Gasteiger charge is 2.37. The molecular formula is C16H11Cl2F4N3O. The fourth-order valence-electron chi connectivity index (χ4n) is 2.31. The van der Waals surface area contributed by atoms with Crippen LogP contribution in [0.1, 0.15) is 17.0 Å². The first kappa shape index (κ1) is 18.7. The first-order valence-corrected chi connectivity index (χ1v) is 8.12. The fraction of sp³-hybridized carbons (Fsp3) is 0.250. The lowest BCUT2D eigenvalue weighted by molar-refractivity contribution is 0.0380. The quantitative estimate of drug-likeness (QED) is 0.440. The van der Waals surface area contributed by atoms with Crippen LogP contribution in [0.3, 0.4) is 0 Å². The number of alkyl halides is 6. The van der Waals surface area contributed by atoms with Gasteiger partial charge in [0.1, 0.15) is 12.1 Å². The second-order valence-electron chi connectivity index (χ2n) is 5.36. The van der Waals surface area contributed by atoms with Gasteiger partial charge in [-0.15, -0.1) is 0 Å². The summed E-state index contributed by atoms with van der Waals surface area (Å²) >= 11 is 10.0. The molecule has 0 aliphatic carbocycles. The van der Waals surface area contributed by atoms with E-state index in [1.165, 1.54) is 0 Å². The Labute approximate surface area is 155 Å². The second-order valence-corrected chi connectivity index (χ2v) is 6.31. The molecule has 0 N–H and O–H groups in total. The van der Waals surface area contributed by atoms with E-state index in [9.17, 15) is 17.6 Å². The Morgan fingerprint density at radius 3 is 2.35 bits per heavy atom. The molecule has 0 atom stereocenters. The van der Waals surface area contributed by atoms with Crippen LogP contribution in [0.5, 0.6) is 0 Å². The Balaban J connectivity index is 1.96. The monoisotopic (exact) mass is 407 g/mol. The van der Waals surface area contributed by atoms with Crippen molar-refractivity contribution in [2.24, 2.45) is 0 Å². The highest BCUT2D eigenvalue weighted by Crippen LogP contribution is 2.36. The second kappa shape index (κ2) is 6.92. The fourth-order valence-corrected chi connectivity index (χ4v) is 2.53. The Morgan fingerprint density at radius 1 is 1.04 bits per heavy atom. The number of imidazole rings is 1. The number of pyridine rings is 1. The van der Waals surface area contributed by atoms with Crippen LogP contribution in [0.4, 0.5) is 17.6 Å². The third-order valence-electron chi connectivity index (χ3n) is 3.51. The van der Waals surface area contributed by atoms with Crippen LogP contribution >= 0.6 is 23.2 Å². The summed E-state index contributed by atoms with van der Waals surface area (Å²) in [6, 6.07) is 10.0. The summed E-state index contributed by atoms with van der Waals surface area (Å²) in [6.45, 7) is -0.0169. The predicted octanol–water partition coefficient (Wildman–Crippen LogP) is 4.68. The molecule has 3 aromatic rings. The standard InChI is InChI=1S/C16H11Cl2F4N3O/c17-15(19,20)11-8-12-13(23-9-11)24-14(16(18,21)22)25(12)26-7-6-10-4-2-1-3-5-10/h1-5,8-9H,6-7H2. The molecule has 4 nitrogen and oxygen atoms in total. The lowest BCUT2D eigenvalue weighted by Gasteiger charge is -2.14. The summed E-state index contributed by atoms with van der Waals surface area (Å²) in [5.74, 6) is -0.954. The minimum absolute atomic E-state index is 0.0169. The van der Waals surface area contributed by atoms with Crippen LogP contribution in [-0.4, -0.2) is 21.3 Å². The minimum atomic E-state index is -3.88. The van der Waals surface area contributed by atoms with Crippen LogP contribution in [0.25, 0.3) is 11.2 Å². The summed E-state index contributed by atoms with van der Waals surface area (Å²) in [4.78, 5) is 12.6. The predicted molar refractivity (Wildman–Crippen MR) is 88.6 cm³/mol. The molecule has 10 heteroatoms. The van der Waals surface area contributed by atoms with E-state index in [2.05, 4.69) is 9.97 Å². The summed E-state index contributed by atoms with van der Waals surface area (Å²) in [5, 5.41) is -7.60. The SMILES string of the molecule is FC(F)(Cl)c1cnc2nc(C(F)(F)Cl)n(OCCc3ccccc3)c2c1. The molecule has 0 fully saturated rings. The van der Waals surface area contributed by atoms with Crippen molar-refractivity contribution in [2.45, 2.75) is 17.2 Å². The van der Waals surface area contributed by atoms with Gasteiger partial charge in [-0.1, -0.05) is 30.3 Å². The van der Waals surface area contributed by atoms with Crippen LogP contribution in [0, 0.1) is 0 Å². The van der Waals surface area contributed by atoms with E-state index in [1.807, 2.05) is 30.3 Å². The summed E-state index contributed by atoms with van der Waals surface area (Å²) in [6.07, 6.45) is 1.15.